The van der Waals surface area contributed by atoms with Crippen molar-refractivity contribution in [3.8, 4) is 17.4 Å². The maximum Gasteiger partial charge on any atom is 0.261 e. The minimum atomic E-state index is 0.394. The normalized spacial score (nSPS) is 10.3. The molecule has 1 aromatic carbocycles. The van der Waals surface area contributed by atoms with Crippen molar-refractivity contribution in [2.75, 3.05) is 12.3 Å². The van der Waals surface area contributed by atoms with Crippen LogP contribution in [0.5, 0.6) is 17.4 Å². The summed E-state index contributed by atoms with van der Waals surface area (Å²) < 4.78 is 12.9. The summed E-state index contributed by atoms with van der Waals surface area (Å²) in [6.07, 6.45) is 2.64. The Morgan fingerprint density at radius 3 is 2.61 bits per heavy atom. The first-order valence-corrected chi connectivity index (χ1v) is 5.89. The summed E-state index contributed by atoms with van der Waals surface area (Å²) in [7, 11) is 1.79. The molecule has 0 bridgehead atoms. The molecule has 2 rings (SSSR count). The Balaban J connectivity index is 2.20. The van der Waals surface area contributed by atoms with Crippen LogP contribution in [0.1, 0.15) is 13.3 Å². The third-order valence-electron chi connectivity index (χ3n) is 2.34. The number of nitrogen functional groups attached to an aromatic ring is 1. The number of hydrogen-bond acceptors (Lipinski definition) is 4. The van der Waals surface area contributed by atoms with E-state index in [0.29, 0.717) is 29.7 Å². The molecule has 2 N–H and O–H groups in total. The SMILES string of the molecule is CCCOc1ccccc1Oc1nn(C)cc1N. The molecule has 0 aliphatic heterocycles. The molecule has 1 heterocycles. The fourth-order valence-electron chi connectivity index (χ4n) is 1.54. The number of aryl methyl sites for hydroxylation is 1. The van der Waals surface area contributed by atoms with Crippen molar-refractivity contribution in [2.24, 2.45) is 7.05 Å². The first kappa shape index (κ1) is 12.3. The zero-order valence-corrected chi connectivity index (χ0v) is 10.6. The molecule has 18 heavy (non-hydrogen) atoms. The molecule has 0 atom stereocenters. The van der Waals surface area contributed by atoms with Crippen molar-refractivity contribution in [3.63, 3.8) is 0 Å². The van der Waals surface area contributed by atoms with E-state index in [9.17, 15) is 0 Å². The van der Waals surface area contributed by atoms with Crippen LogP contribution in [0, 0.1) is 0 Å². The van der Waals surface area contributed by atoms with Crippen molar-refractivity contribution in [1.29, 1.82) is 0 Å². The Kier molecular flexibility index (Phi) is 3.72. The molecule has 0 amide bonds. The van der Waals surface area contributed by atoms with Gasteiger partial charge in [0.25, 0.3) is 5.88 Å². The first-order chi connectivity index (χ1) is 8.70. The molecule has 96 valence electrons. The predicted molar refractivity (Wildman–Crippen MR) is 69.9 cm³/mol. The average Bonchev–Trinajstić information content (AvgIpc) is 2.67. The highest BCUT2D eigenvalue weighted by molar-refractivity contribution is 5.50. The van der Waals surface area contributed by atoms with Crippen LogP contribution in [-0.2, 0) is 7.05 Å². The van der Waals surface area contributed by atoms with Gasteiger partial charge in [0, 0.05) is 7.05 Å². The van der Waals surface area contributed by atoms with Crippen LogP contribution in [0.15, 0.2) is 30.5 Å². The zero-order chi connectivity index (χ0) is 13.0. The van der Waals surface area contributed by atoms with E-state index >= 15 is 0 Å². The monoisotopic (exact) mass is 247 g/mol. The Labute approximate surface area is 106 Å². The van der Waals surface area contributed by atoms with Crippen molar-refractivity contribution in [1.82, 2.24) is 9.78 Å². The molecule has 2 aromatic rings. The van der Waals surface area contributed by atoms with Crippen LogP contribution in [-0.4, -0.2) is 16.4 Å². The summed E-state index contributed by atoms with van der Waals surface area (Å²) >= 11 is 0. The summed E-state index contributed by atoms with van der Waals surface area (Å²) in [6.45, 7) is 2.71. The van der Waals surface area contributed by atoms with E-state index in [4.69, 9.17) is 15.2 Å². The van der Waals surface area contributed by atoms with Crippen LogP contribution < -0.4 is 15.2 Å². The fraction of sp³-hybridized carbons (Fsp3) is 0.308. The molecular formula is C13H17N3O2. The van der Waals surface area contributed by atoms with E-state index in [1.54, 1.807) is 17.9 Å². The van der Waals surface area contributed by atoms with Gasteiger partial charge in [-0.2, -0.15) is 0 Å². The quantitative estimate of drug-likeness (QED) is 0.882. The minimum Gasteiger partial charge on any atom is -0.490 e. The number of benzene rings is 1. The van der Waals surface area contributed by atoms with Gasteiger partial charge >= 0.3 is 0 Å². The van der Waals surface area contributed by atoms with E-state index in [1.165, 1.54) is 0 Å². The number of hydrogen-bond donors (Lipinski definition) is 1. The smallest absolute Gasteiger partial charge is 0.261 e. The van der Waals surface area contributed by atoms with Gasteiger partial charge in [-0.1, -0.05) is 19.1 Å². The van der Waals surface area contributed by atoms with Gasteiger partial charge in [-0.15, -0.1) is 5.10 Å². The van der Waals surface area contributed by atoms with E-state index in [1.807, 2.05) is 24.3 Å². The minimum absolute atomic E-state index is 0.394. The molecule has 0 aliphatic rings. The molecule has 0 fully saturated rings. The van der Waals surface area contributed by atoms with E-state index in [0.717, 1.165) is 6.42 Å². The van der Waals surface area contributed by atoms with E-state index < -0.39 is 0 Å². The third-order valence-corrected chi connectivity index (χ3v) is 2.34. The summed E-state index contributed by atoms with van der Waals surface area (Å²) in [5.41, 5.74) is 6.29. The van der Waals surface area contributed by atoms with Crippen LogP contribution >= 0.6 is 0 Å². The average molecular weight is 247 g/mol. The highest BCUT2D eigenvalue weighted by atomic mass is 16.5. The molecule has 5 nitrogen and oxygen atoms in total. The molecule has 5 heteroatoms. The first-order valence-electron chi connectivity index (χ1n) is 5.89. The van der Waals surface area contributed by atoms with Crippen LogP contribution in [0.25, 0.3) is 0 Å². The maximum absolute atomic E-state index is 5.79. The zero-order valence-electron chi connectivity index (χ0n) is 10.6. The Morgan fingerprint density at radius 2 is 2.00 bits per heavy atom. The van der Waals surface area contributed by atoms with Crippen molar-refractivity contribution < 1.29 is 9.47 Å². The Morgan fingerprint density at radius 1 is 1.28 bits per heavy atom. The lowest BCUT2D eigenvalue weighted by molar-refractivity contribution is 0.300. The summed E-state index contributed by atoms with van der Waals surface area (Å²) in [6, 6.07) is 7.48. The van der Waals surface area contributed by atoms with E-state index in [-0.39, 0.29) is 0 Å². The van der Waals surface area contributed by atoms with Gasteiger partial charge in [0.2, 0.25) is 0 Å². The second-order valence-corrected chi connectivity index (χ2v) is 3.96. The van der Waals surface area contributed by atoms with Crippen molar-refractivity contribution in [2.45, 2.75) is 13.3 Å². The summed E-state index contributed by atoms with van der Waals surface area (Å²) in [5, 5.41) is 4.14. The van der Waals surface area contributed by atoms with Gasteiger partial charge in [0.1, 0.15) is 5.69 Å². The topological polar surface area (TPSA) is 62.3 Å². The molecule has 0 unspecified atom stereocenters. The Bertz CT molecular complexity index is 523. The second kappa shape index (κ2) is 5.44. The number of rotatable bonds is 5. The lowest BCUT2D eigenvalue weighted by atomic mass is 10.3. The largest absolute Gasteiger partial charge is 0.490 e. The Hall–Kier alpha value is -2.17. The number of nitrogens with two attached hydrogens (primary N) is 1. The number of para-hydroxylation sites is 2. The molecule has 0 spiro atoms. The summed E-state index contributed by atoms with van der Waals surface area (Å²) in [4.78, 5) is 0. The molecular weight excluding hydrogens is 230 g/mol. The van der Waals surface area contributed by atoms with E-state index in [2.05, 4.69) is 12.0 Å². The van der Waals surface area contributed by atoms with Crippen LogP contribution in [0.2, 0.25) is 0 Å². The second-order valence-electron chi connectivity index (χ2n) is 3.96. The fourth-order valence-corrected chi connectivity index (χ4v) is 1.54. The lowest BCUT2D eigenvalue weighted by Crippen LogP contribution is -1.98. The summed E-state index contributed by atoms with van der Waals surface area (Å²) in [5.74, 6) is 1.71. The van der Waals surface area contributed by atoms with Gasteiger partial charge in [0.15, 0.2) is 11.5 Å². The maximum atomic E-state index is 5.79. The molecule has 0 saturated carbocycles. The van der Waals surface area contributed by atoms with Gasteiger partial charge in [-0.05, 0) is 18.6 Å². The number of anilines is 1. The van der Waals surface area contributed by atoms with Crippen LogP contribution in [0.4, 0.5) is 5.69 Å². The third kappa shape index (κ3) is 2.74. The molecule has 0 radical (unpaired) electrons. The number of aromatic nitrogens is 2. The van der Waals surface area contributed by atoms with Gasteiger partial charge in [-0.3, -0.25) is 4.68 Å². The lowest BCUT2D eigenvalue weighted by Gasteiger charge is -2.10. The predicted octanol–water partition coefficient (Wildman–Crippen LogP) is 2.58. The standard InChI is InChI=1S/C13H17N3O2/c1-3-8-17-11-6-4-5-7-12(11)18-13-10(14)9-16(2)15-13/h4-7,9H,3,8,14H2,1-2H3. The van der Waals surface area contributed by atoms with Crippen molar-refractivity contribution >= 4 is 5.69 Å². The number of ether oxygens (including phenoxy) is 2. The molecule has 0 aliphatic carbocycles. The van der Waals surface area contributed by atoms with Crippen molar-refractivity contribution in [3.05, 3.63) is 30.5 Å². The highest BCUT2D eigenvalue weighted by Crippen LogP contribution is 2.32. The van der Waals surface area contributed by atoms with Gasteiger partial charge in [0.05, 0.1) is 12.8 Å². The van der Waals surface area contributed by atoms with Gasteiger partial charge < -0.3 is 15.2 Å². The highest BCUT2D eigenvalue weighted by Gasteiger charge is 2.10. The van der Waals surface area contributed by atoms with Crippen LogP contribution in [0.3, 0.4) is 0 Å². The molecule has 1 aromatic heterocycles. The number of nitrogens with zero attached hydrogens (tertiary/aromatic N) is 2. The molecule has 0 saturated heterocycles. The van der Waals surface area contributed by atoms with Gasteiger partial charge in [-0.25, -0.2) is 0 Å².